The molecule has 0 aliphatic heterocycles. The second-order valence-electron chi connectivity index (χ2n) is 6.49. The van der Waals surface area contributed by atoms with Crippen molar-refractivity contribution in [2.75, 3.05) is 0 Å². The summed E-state index contributed by atoms with van der Waals surface area (Å²) < 4.78 is 3.35. The molecule has 0 spiro atoms. The van der Waals surface area contributed by atoms with Crippen LogP contribution in [0.5, 0.6) is 0 Å². The lowest BCUT2D eigenvalue weighted by molar-refractivity contribution is 0.699. The molecule has 0 saturated carbocycles. The zero-order valence-electron chi connectivity index (χ0n) is 13.3. The smallest absolute Gasteiger partial charge is 0.267 e. The monoisotopic (exact) mass is 347 g/mol. The Morgan fingerprint density at radius 2 is 1.84 bits per heavy atom. The van der Waals surface area contributed by atoms with Gasteiger partial charge in [-0.1, -0.05) is 24.3 Å². The Morgan fingerprint density at radius 1 is 1.04 bits per heavy atom. The summed E-state index contributed by atoms with van der Waals surface area (Å²) in [6, 6.07) is 7.92. The number of aryl methyl sites for hydroxylation is 2. The molecule has 0 fully saturated rings. The Balaban J connectivity index is 1.95. The van der Waals surface area contributed by atoms with Gasteiger partial charge in [-0.2, -0.15) is 4.52 Å². The lowest BCUT2D eigenvalue weighted by Crippen LogP contribution is -2.21. The number of fused-ring (bicyclic) bond motifs is 9. The molecule has 0 amide bonds. The van der Waals surface area contributed by atoms with Crippen LogP contribution in [-0.4, -0.2) is 24.2 Å². The minimum Gasteiger partial charge on any atom is -0.267 e. The highest BCUT2D eigenvalue weighted by molar-refractivity contribution is 7.18. The molecule has 122 valence electrons. The van der Waals surface area contributed by atoms with Crippen LogP contribution in [-0.2, 0) is 12.8 Å². The van der Waals surface area contributed by atoms with Gasteiger partial charge in [0.25, 0.3) is 5.56 Å². The van der Waals surface area contributed by atoms with E-state index in [-0.39, 0.29) is 5.56 Å². The molecule has 0 bridgehead atoms. The summed E-state index contributed by atoms with van der Waals surface area (Å²) >= 11 is 1.68. The molecule has 6 rings (SSSR count). The van der Waals surface area contributed by atoms with E-state index in [1.165, 1.54) is 16.9 Å². The van der Waals surface area contributed by atoms with E-state index in [4.69, 9.17) is 4.98 Å². The Hall–Kier alpha value is -2.80. The van der Waals surface area contributed by atoms with Crippen LogP contribution < -0.4 is 5.56 Å². The molecule has 5 aromatic rings. The first-order valence-electron chi connectivity index (χ1n) is 8.40. The fourth-order valence-electron chi connectivity index (χ4n) is 4.00. The SMILES string of the molecule is O=c1c2c3c(sc2nc2c4ccccc4c4nncn4n12)CCCC3. The average Bonchev–Trinajstić information content (AvgIpc) is 3.26. The molecule has 6 nitrogen and oxygen atoms in total. The van der Waals surface area contributed by atoms with Gasteiger partial charge in [-0.25, -0.2) is 9.50 Å². The van der Waals surface area contributed by atoms with Crippen LogP contribution >= 0.6 is 11.3 Å². The molecular formula is C18H13N5OS. The molecule has 0 saturated heterocycles. The highest BCUT2D eigenvalue weighted by atomic mass is 32.1. The Morgan fingerprint density at radius 3 is 2.72 bits per heavy atom. The maximum Gasteiger partial charge on any atom is 0.282 e. The zero-order chi connectivity index (χ0) is 16.5. The fraction of sp³-hybridized carbons (Fsp3) is 0.222. The number of aromatic nitrogens is 5. The first kappa shape index (κ1) is 13.5. The van der Waals surface area contributed by atoms with E-state index in [0.717, 1.165) is 40.3 Å². The number of thiophene rings is 1. The van der Waals surface area contributed by atoms with Crippen LogP contribution in [0, 0.1) is 0 Å². The van der Waals surface area contributed by atoms with Gasteiger partial charge >= 0.3 is 0 Å². The van der Waals surface area contributed by atoms with Crippen LogP contribution in [0.2, 0.25) is 0 Å². The molecule has 7 heteroatoms. The van der Waals surface area contributed by atoms with E-state index in [0.29, 0.717) is 11.3 Å². The molecule has 1 aliphatic carbocycles. The van der Waals surface area contributed by atoms with Crippen molar-refractivity contribution in [3.05, 3.63) is 51.4 Å². The minimum absolute atomic E-state index is 0.0186. The summed E-state index contributed by atoms with van der Waals surface area (Å²) in [5, 5.41) is 10.9. The van der Waals surface area contributed by atoms with Gasteiger partial charge < -0.3 is 0 Å². The van der Waals surface area contributed by atoms with Gasteiger partial charge in [0.05, 0.1) is 5.39 Å². The molecule has 4 heterocycles. The molecule has 1 aromatic carbocycles. The summed E-state index contributed by atoms with van der Waals surface area (Å²) in [6.45, 7) is 0. The summed E-state index contributed by atoms with van der Waals surface area (Å²) in [4.78, 5) is 20.5. The Labute approximate surface area is 145 Å². The highest BCUT2D eigenvalue weighted by Gasteiger charge is 2.22. The van der Waals surface area contributed by atoms with E-state index < -0.39 is 0 Å². The summed E-state index contributed by atoms with van der Waals surface area (Å²) in [5.74, 6) is 0. The van der Waals surface area contributed by atoms with Crippen LogP contribution in [0.3, 0.4) is 0 Å². The largest absolute Gasteiger partial charge is 0.282 e. The maximum atomic E-state index is 13.4. The van der Waals surface area contributed by atoms with Gasteiger partial charge in [-0.15, -0.1) is 21.5 Å². The molecular weight excluding hydrogens is 334 g/mol. The Bertz CT molecular complexity index is 1380. The van der Waals surface area contributed by atoms with Crippen LogP contribution in [0.4, 0.5) is 0 Å². The van der Waals surface area contributed by atoms with Crippen molar-refractivity contribution < 1.29 is 0 Å². The van der Waals surface area contributed by atoms with E-state index in [2.05, 4.69) is 10.2 Å². The lowest BCUT2D eigenvalue weighted by Gasteiger charge is -2.11. The first-order chi connectivity index (χ1) is 12.3. The number of nitrogens with zero attached hydrogens (tertiary/aromatic N) is 5. The van der Waals surface area contributed by atoms with Gasteiger partial charge in [0, 0.05) is 15.6 Å². The van der Waals surface area contributed by atoms with Gasteiger partial charge in [-0.05, 0) is 31.2 Å². The topological polar surface area (TPSA) is 64.6 Å². The third-order valence-corrected chi connectivity index (χ3v) is 6.31. The van der Waals surface area contributed by atoms with Crippen LogP contribution in [0.1, 0.15) is 23.3 Å². The van der Waals surface area contributed by atoms with E-state index in [1.807, 2.05) is 24.3 Å². The molecule has 0 atom stereocenters. The summed E-state index contributed by atoms with van der Waals surface area (Å²) in [6.07, 6.45) is 5.94. The van der Waals surface area contributed by atoms with Crippen LogP contribution in [0.15, 0.2) is 35.4 Å². The number of benzene rings is 1. The zero-order valence-corrected chi connectivity index (χ0v) is 14.1. The third-order valence-electron chi connectivity index (χ3n) is 5.12. The van der Waals surface area contributed by atoms with Gasteiger partial charge in [0.15, 0.2) is 11.3 Å². The predicted octanol–water partition coefficient (Wildman–Crippen LogP) is 2.98. The van der Waals surface area contributed by atoms with Crippen molar-refractivity contribution in [2.24, 2.45) is 0 Å². The minimum atomic E-state index is -0.0186. The van der Waals surface area contributed by atoms with Gasteiger partial charge in [0.1, 0.15) is 11.2 Å². The second-order valence-corrected chi connectivity index (χ2v) is 7.57. The molecule has 0 N–H and O–H groups in total. The van der Waals surface area contributed by atoms with E-state index in [9.17, 15) is 4.79 Å². The van der Waals surface area contributed by atoms with Crippen molar-refractivity contribution in [1.82, 2.24) is 24.2 Å². The average molecular weight is 347 g/mol. The van der Waals surface area contributed by atoms with Crippen molar-refractivity contribution in [1.29, 1.82) is 0 Å². The molecule has 0 unspecified atom stereocenters. The van der Waals surface area contributed by atoms with Crippen molar-refractivity contribution in [3.63, 3.8) is 0 Å². The van der Waals surface area contributed by atoms with Crippen LogP contribution in [0.25, 0.3) is 32.3 Å². The quantitative estimate of drug-likeness (QED) is 0.404. The maximum absolute atomic E-state index is 13.4. The first-order valence-corrected chi connectivity index (χ1v) is 9.22. The van der Waals surface area contributed by atoms with Gasteiger partial charge in [0.2, 0.25) is 0 Å². The predicted molar refractivity (Wildman–Crippen MR) is 97.5 cm³/mol. The summed E-state index contributed by atoms with van der Waals surface area (Å²) in [7, 11) is 0. The number of rotatable bonds is 0. The standard InChI is InChI=1S/C18H13N5OS/c24-18-14-12-7-3-4-8-13(12)25-17(14)20-15-10-5-1-2-6-11(10)16-21-19-9-22(16)23(15)18/h1-2,5-6,9H,3-4,7-8H2. The van der Waals surface area contributed by atoms with Crippen molar-refractivity contribution >= 4 is 43.6 Å². The molecule has 0 radical (unpaired) electrons. The number of hydrogen-bond donors (Lipinski definition) is 0. The van der Waals surface area contributed by atoms with Crippen molar-refractivity contribution in [3.8, 4) is 0 Å². The summed E-state index contributed by atoms with van der Waals surface area (Å²) in [5.41, 5.74) is 2.52. The highest BCUT2D eigenvalue weighted by Crippen LogP contribution is 2.34. The van der Waals surface area contributed by atoms with E-state index in [1.54, 1.807) is 26.7 Å². The second kappa shape index (κ2) is 4.64. The molecule has 4 aromatic heterocycles. The third kappa shape index (κ3) is 1.63. The molecule has 1 aliphatic rings. The van der Waals surface area contributed by atoms with Gasteiger partial charge in [-0.3, -0.25) is 4.79 Å². The van der Waals surface area contributed by atoms with E-state index >= 15 is 0 Å². The fourth-order valence-corrected chi connectivity index (χ4v) is 5.25. The normalized spacial score (nSPS) is 14.7. The molecule has 25 heavy (non-hydrogen) atoms. The number of hydrogen-bond acceptors (Lipinski definition) is 5. The van der Waals surface area contributed by atoms with Crippen molar-refractivity contribution in [2.45, 2.75) is 25.7 Å². The lowest BCUT2D eigenvalue weighted by atomic mass is 9.97. The Kier molecular flexibility index (Phi) is 2.50.